The lowest BCUT2D eigenvalue weighted by atomic mass is 10.0. The number of halogens is 3. The van der Waals surface area contributed by atoms with Gasteiger partial charge in [-0.15, -0.1) is 15.3 Å². The average Bonchev–Trinajstić information content (AvgIpc) is 3.09. The van der Waals surface area contributed by atoms with Crippen LogP contribution < -0.4 is 10.4 Å². The lowest BCUT2D eigenvalue weighted by molar-refractivity contribution is -0.146. The summed E-state index contributed by atoms with van der Waals surface area (Å²) >= 11 is 0. The van der Waals surface area contributed by atoms with Gasteiger partial charge in [-0.1, -0.05) is 38.1 Å². The molecule has 2 heterocycles. The number of amidine groups is 1. The molecule has 1 N–H and O–H groups in total. The zero-order valence-corrected chi connectivity index (χ0v) is 15.9. The molecule has 0 saturated carbocycles. The first-order valence-electron chi connectivity index (χ1n) is 8.58. The van der Waals surface area contributed by atoms with E-state index in [1.54, 1.807) is 20.2 Å². The molecule has 2 aromatic heterocycles. The van der Waals surface area contributed by atoms with Gasteiger partial charge in [0.1, 0.15) is 5.84 Å². The number of hydrazine groups is 1. The standard InChI is InChI=1S/C18H20F3N7/c1-11(2)12-5-7-13(8-6-12)16(22-3)26-27(4)15-10-9-14-23-24-17(18(19,20)21)28(14)25-15/h5-11H,1-4H3,(H,22,26). The summed E-state index contributed by atoms with van der Waals surface area (Å²) in [5.74, 6) is 0.0397. The quantitative estimate of drug-likeness (QED) is 0.420. The van der Waals surface area contributed by atoms with Crippen LogP contribution in [-0.4, -0.2) is 39.7 Å². The topological polar surface area (TPSA) is 70.7 Å². The molecule has 7 nitrogen and oxygen atoms in total. The molecule has 3 aromatic rings. The number of rotatable bonds is 4. The molecule has 28 heavy (non-hydrogen) atoms. The first-order valence-corrected chi connectivity index (χ1v) is 8.58. The van der Waals surface area contributed by atoms with Crippen molar-refractivity contribution < 1.29 is 13.2 Å². The number of benzene rings is 1. The van der Waals surface area contributed by atoms with Crippen LogP contribution in [0.4, 0.5) is 19.0 Å². The largest absolute Gasteiger partial charge is 0.453 e. The Balaban J connectivity index is 1.85. The van der Waals surface area contributed by atoms with Gasteiger partial charge < -0.3 is 0 Å². The molecule has 0 bridgehead atoms. The predicted octanol–water partition coefficient (Wildman–Crippen LogP) is 3.28. The smallest absolute Gasteiger partial charge is 0.280 e. The molecule has 0 radical (unpaired) electrons. The number of anilines is 1. The van der Waals surface area contributed by atoms with Crippen molar-refractivity contribution in [1.29, 1.82) is 0 Å². The molecule has 0 aliphatic rings. The second-order valence-corrected chi connectivity index (χ2v) is 6.50. The van der Waals surface area contributed by atoms with Crippen LogP contribution in [-0.2, 0) is 6.18 Å². The van der Waals surface area contributed by atoms with Crippen molar-refractivity contribution in [3.8, 4) is 0 Å². The lowest BCUT2D eigenvalue weighted by Gasteiger charge is -2.22. The molecule has 3 rings (SSSR count). The summed E-state index contributed by atoms with van der Waals surface area (Å²) in [5.41, 5.74) is 5.11. The van der Waals surface area contributed by atoms with Gasteiger partial charge in [0.05, 0.1) is 0 Å². The van der Waals surface area contributed by atoms with Crippen LogP contribution in [0.15, 0.2) is 41.4 Å². The highest BCUT2D eigenvalue weighted by atomic mass is 19.4. The minimum absolute atomic E-state index is 0.0122. The van der Waals surface area contributed by atoms with E-state index in [1.165, 1.54) is 16.6 Å². The summed E-state index contributed by atoms with van der Waals surface area (Å²) in [6.45, 7) is 4.22. The van der Waals surface area contributed by atoms with Gasteiger partial charge >= 0.3 is 6.18 Å². The molecule has 0 amide bonds. The summed E-state index contributed by atoms with van der Waals surface area (Å²) in [7, 11) is 3.27. The van der Waals surface area contributed by atoms with Crippen LogP contribution in [0, 0.1) is 0 Å². The number of aromatic nitrogens is 4. The van der Waals surface area contributed by atoms with E-state index in [1.807, 2.05) is 24.3 Å². The highest BCUT2D eigenvalue weighted by molar-refractivity contribution is 5.99. The molecular weight excluding hydrogens is 371 g/mol. The fraction of sp³-hybridized carbons (Fsp3) is 0.333. The summed E-state index contributed by atoms with van der Waals surface area (Å²) in [5, 5.41) is 12.2. The van der Waals surface area contributed by atoms with Gasteiger partial charge in [-0.25, -0.2) is 0 Å². The summed E-state index contributed by atoms with van der Waals surface area (Å²) in [6.07, 6.45) is -4.65. The van der Waals surface area contributed by atoms with Gasteiger partial charge in [0.25, 0.3) is 5.82 Å². The SMILES string of the molecule is CN=C(NN(C)c1ccc2nnc(C(F)(F)F)n2n1)c1ccc(C(C)C)cc1. The van der Waals surface area contributed by atoms with Gasteiger partial charge in [-0.3, -0.25) is 15.4 Å². The molecule has 0 unspecified atom stereocenters. The van der Waals surface area contributed by atoms with Crippen LogP contribution in [0.25, 0.3) is 5.65 Å². The normalized spacial score (nSPS) is 12.6. The maximum atomic E-state index is 13.0. The van der Waals surface area contributed by atoms with Gasteiger partial charge in [-0.05, 0) is 23.6 Å². The van der Waals surface area contributed by atoms with Crippen molar-refractivity contribution in [3.63, 3.8) is 0 Å². The number of aliphatic imine (C=N–C) groups is 1. The van der Waals surface area contributed by atoms with Crippen LogP contribution in [0.5, 0.6) is 0 Å². The fourth-order valence-corrected chi connectivity index (χ4v) is 2.62. The number of nitrogens with one attached hydrogen (secondary N) is 1. The van der Waals surface area contributed by atoms with E-state index >= 15 is 0 Å². The molecule has 0 atom stereocenters. The molecule has 0 fully saturated rings. The Bertz CT molecular complexity index is 991. The van der Waals surface area contributed by atoms with Crippen LogP contribution in [0.3, 0.4) is 0 Å². The maximum absolute atomic E-state index is 13.0. The van der Waals surface area contributed by atoms with E-state index in [-0.39, 0.29) is 11.5 Å². The van der Waals surface area contributed by atoms with Crippen LogP contribution in [0.2, 0.25) is 0 Å². The maximum Gasteiger partial charge on any atom is 0.453 e. The summed E-state index contributed by atoms with van der Waals surface area (Å²) in [4.78, 5) is 4.23. The third-order valence-electron chi connectivity index (χ3n) is 4.19. The molecular formula is C18H20F3N7. The van der Waals surface area contributed by atoms with Gasteiger partial charge in [0.15, 0.2) is 11.5 Å². The third kappa shape index (κ3) is 3.90. The predicted molar refractivity (Wildman–Crippen MR) is 100 cm³/mol. The van der Waals surface area contributed by atoms with Gasteiger partial charge in [0, 0.05) is 19.7 Å². The monoisotopic (exact) mass is 391 g/mol. The van der Waals surface area contributed by atoms with Crippen molar-refractivity contribution in [1.82, 2.24) is 25.2 Å². The first-order chi connectivity index (χ1) is 13.2. The third-order valence-corrected chi connectivity index (χ3v) is 4.19. The van der Waals surface area contributed by atoms with E-state index in [0.29, 0.717) is 16.3 Å². The second-order valence-electron chi connectivity index (χ2n) is 6.50. The molecule has 1 aromatic carbocycles. The minimum atomic E-state index is -4.65. The summed E-state index contributed by atoms with van der Waals surface area (Å²) < 4.78 is 39.8. The Kier molecular flexibility index (Phi) is 5.21. The number of nitrogens with zero attached hydrogens (tertiary/aromatic N) is 6. The molecule has 148 valence electrons. The van der Waals surface area contributed by atoms with E-state index in [2.05, 4.69) is 39.6 Å². The van der Waals surface area contributed by atoms with Crippen molar-refractivity contribution >= 4 is 17.3 Å². The number of fused-ring (bicyclic) bond motifs is 1. The molecule has 0 spiro atoms. The van der Waals surface area contributed by atoms with Crippen molar-refractivity contribution in [3.05, 3.63) is 53.3 Å². The van der Waals surface area contributed by atoms with Crippen molar-refractivity contribution in [2.75, 3.05) is 19.1 Å². The number of hydrogen-bond acceptors (Lipinski definition) is 5. The molecule has 10 heteroatoms. The highest BCUT2D eigenvalue weighted by Gasteiger charge is 2.37. The Labute approximate surface area is 159 Å². The molecule has 0 saturated heterocycles. The van der Waals surface area contributed by atoms with Gasteiger partial charge in [-0.2, -0.15) is 17.7 Å². The Morgan fingerprint density at radius 1 is 1.11 bits per heavy atom. The first kappa shape index (κ1) is 19.6. The van der Waals surface area contributed by atoms with E-state index < -0.39 is 12.0 Å². The summed E-state index contributed by atoms with van der Waals surface area (Å²) in [6, 6.07) is 10.9. The van der Waals surface area contributed by atoms with Crippen molar-refractivity contribution in [2.24, 2.45) is 4.99 Å². The highest BCUT2D eigenvalue weighted by Crippen LogP contribution is 2.27. The fourth-order valence-electron chi connectivity index (χ4n) is 2.62. The second kappa shape index (κ2) is 7.45. The molecule has 0 aliphatic carbocycles. The Hall–Kier alpha value is -3.17. The minimum Gasteiger partial charge on any atom is -0.280 e. The van der Waals surface area contributed by atoms with E-state index in [4.69, 9.17) is 0 Å². The Morgan fingerprint density at radius 3 is 2.36 bits per heavy atom. The van der Waals surface area contributed by atoms with Crippen LogP contribution in [0.1, 0.15) is 36.7 Å². The van der Waals surface area contributed by atoms with E-state index in [9.17, 15) is 13.2 Å². The lowest BCUT2D eigenvalue weighted by Crippen LogP contribution is -2.40. The van der Waals surface area contributed by atoms with E-state index in [0.717, 1.165) is 5.56 Å². The van der Waals surface area contributed by atoms with Gasteiger partial charge in [0.2, 0.25) is 0 Å². The Morgan fingerprint density at radius 2 is 1.79 bits per heavy atom. The number of alkyl halides is 3. The average molecular weight is 391 g/mol. The van der Waals surface area contributed by atoms with Crippen molar-refractivity contribution in [2.45, 2.75) is 25.9 Å². The zero-order valence-electron chi connectivity index (χ0n) is 15.9. The molecule has 0 aliphatic heterocycles. The van der Waals surface area contributed by atoms with Crippen LogP contribution >= 0.6 is 0 Å². The number of hydrogen-bond donors (Lipinski definition) is 1. The zero-order chi connectivity index (χ0) is 20.5.